The Morgan fingerprint density at radius 1 is 1.42 bits per heavy atom. The summed E-state index contributed by atoms with van der Waals surface area (Å²) in [5.41, 5.74) is 0.711. The molecular formula is C15H15N3O5S. The first-order valence-electron chi connectivity index (χ1n) is 7.13. The van der Waals surface area contributed by atoms with Crippen LogP contribution in [0.4, 0.5) is 5.69 Å². The molecule has 0 aliphatic heterocycles. The zero-order valence-corrected chi connectivity index (χ0v) is 13.7. The van der Waals surface area contributed by atoms with Gasteiger partial charge >= 0.3 is 5.97 Å². The summed E-state index contributed by atoms with van der Waals surface area (Å²) >= 11 is 1.21. The lowest BCUT2D eigenvalue weighted by Crippen LogP contribution is -2.33. The first-order chi connectivity index (χ1) is 11.4. The fourth-order valence-corrected chi connectivity index (χ4v) is 2.84. The lowest BCUT2D eigenvalue weighted by Gasteiger charge is -2.18. The predicted molar refractivity (Wildman–Crippen MR) is 88.0 cm³/mol. The maximum absolute atomic E-state index is 12.4. The average molecular weight is 349 g/mol. The van der Waals surface area contributed by atoms with Crippen molar-refractivity contribution in [1.29, 1.82) is 0 Å². The minimum absolute atomic E-state index is 0.0489. The van der Waals surface area contributed by atoms with Gasteiger partial charge in [0.05, 0.1) is 11.3 Å². The van der Waals surface area contributed by atoms with Crippen LogP contribution in [0.1, 0.15) is 23.8 Å². The Morgan fingerprint density at radius 2 is 2.17 bits per heavy atom. The van der Waals surface area contributed by atoms with Crippen LogP contribution >= 0.6 is 11.3 Å². The van der Waals surface area contributed by atoms with Gasteiger partial charge in [-0.2, -0.15) is 0 Å². The Hall–Kier alpha value is -2.81. The fraction of sp³-hybridized carbons (Fsp3) is 0.267. The number of nitrogens with zero attached hydrogens (tertiary/aromatic N) is 3. The molecule has 0 saturated carbocycles. The molecule has 0 aliphatic carbocycles. The van der Waals surface area contributed by atoms with Gasteiger partial charge in [-0.15, -0.1) is 11.3 Å². The number of aliphatic carboxylic acids is 1. The van der Waals surface area contributed by atoms with Crippen LogP contribution in [-0.2, 0) is 4.79 Å². The van der Waals surface area contributed by atoms with E-state index in [0.717, 1.165) is 0 Å². The highest BCUT2D eigenvalue weighted by atomic mass is 32.1. The molecule has 8 nitrogen and oxygen atoms in total. The molecule has 0 radical (unpaired) electrons. The number of benzene rings is 1. The number of carboxylic acids is 1. The number of thiazole rings is 1. The van der Waals surface area contributed by atoms with Crippen LogP contribution in [0.3, 0.4) is 0 Å². The highest BCUT2D eigenvalue weighted by molar-refractivity contribution is 7.13. The third kappa shape index (κ3) is 4.13. The van der Waals surface area contributed by atoms with E-state index in [2.05, 4.69) is 4.98 Å². The number of hydrogen-bond donors (Lipinski definition) is 1. The van der Waals surface area contributed by atoms with Gasteiger partial charge in [0, 0.05) is 36.2 Å². The number of aromatic nitrogens is 1. The number of carboxylic acid groups (broad SMARTS) is 1. The summed E-state index contributed by atoms with van der Waals surface area (Å²) < 4.78 is 0. The minimum atomic E-state index is -0.975. The smallest absolute Gasteiger partial charge is 0.305 e. The second-order valence-electron chi connectivity index (χ2n) is 4.87. The first kappa shape index (κ1) is 17.5. The number of rotatable bonds is 7. The third-order valence-corrected chi connectivity index (χ3v) is 4.18. The van der Waals surface area contributed by atoms with Crippen LogP contribution < -0.4 is 0 Å². The monoisotopic (exact) mass is 349 g/mol. The van der Waals surface area contributed by atoms with Gasteiger partial charge in [0.15, 0.2) is 0 Å². The van der Waals surface area contributed by atoms with Gasteiger partial charge < -0.3 is 10.0 Å². The predicted octanol–water partition coefficient (Wildman–Crippen LogP) is 2.66. The summed E-state index contributed by atoms with van der Waals surface area (Å²) in [7, 11) is 0. The van der Waals surface area contributed by atoms with Crippen LogP contribution in [-0.4, -0.2) is 44.9 Å². The van der Waals surface area contributed by atoms with Crippen molar-refractivity contribution >= 4 is 28.9 Å². The molecule has 0 aliphatic rings. The van der Waals surface area contributed by atoms with Crippen molar-refractivity contribution < 1.29 is 19.6 Å². The van der Waals surface area contributed by atoms with Gasteiger partial charge in [0.2, 0.25) is 0 Å². The van der Waals surface area contributed by atoms with Crippen LogP contribution in [0, 0.1) is 10.1 Å². The van der Waals surface area contributed by atoms with Crippen molar-refractivity contribution in [3.05, 3.63) is 45.5 Å². The van der Waals surface area contributed by atoms with Crippen molar-refractivity contribution in [2.75, 3.05) is 13.1 Å². The molecule has 0 saturated heterocycles. The van der Waals surface area contributed by atoms with Crippen molar-refractivity contribution in [3.63, 3.8) is 0 Å². The van der Waals surface area contributed by atoms with Crippen LogP contribution in [0.15, 0.2) is 29.6 Å². The van der Waals surface area contributed by atoms with E-state index in [4.69, 9.17) is 5.11 Å². The second kappa shape index (κ2) is 7.64. The molecule has 0 fully saturated rings. The standard InChI is InChI=1S/C15H15N3O5S/c1-2-17(7-6-13(19)20)15(21)12-9-24-14(16-12)10-4-3-5-11(8-10)18(22)23/h3-5,8-9H,2,6-7H2,1H3,(H,19,20). The van der Waals surface area contributed by atoms with Gasteiger partial charge in [-0.1, -0.05) is 12.1 Å². The molecular weight excluding hydrogens is 334 g/mol. The van der Waals surface area contributed by atoms with E-state index in [9.17, 15) is 19.7 Å². The number of hydrogen-bond acceptors (Lipinski definition) is 6. The molecule has 1 heterocycles. The van der Waals surface area contributed by atoms with Gasteiger partial charge in [-0.05, 0) is 6.92 Å². The van der Waals surface area contributed by atoms with E-state index < -0.39 is 10.9 Å². The molecule has 1 aromatic carbocycles. The van der Waals surface area contributed by atoms with E-state index >= 15 is 0 Å². The topological polar surface area (TPSA) is 114 Å². The van der Waals surface area contributed by atoms with E-state index in [1.807, 2.05) is 0 Å². The summed E-state index contributed by atoms with van der Waals surface area (Å²) in [4.78, 5) is 39.0. The maximum Gasteiger partial charge on any atom is 0.305 e. The summed E-state index contributed by atoms with van der Waals surface area (Å²) in [6.45, 7) is 2.23. The lowest BCUT2D eigenvalue weighted by molar-refractivity contribution is -0.384. The first-order valence-corrected chi connectivity index (χ1v) is 8.01. The van der Waals surface area contributed by atoms with Crippen LogP contribution in [0.2, 0.25) is 0 Å². The van der Waals surface area contributed by atoms with Crippen molar-refractivity contribution in [2.45, 2.75) is 13.3 Å². The number of non-ortho nitro benzene ring substituents is 1. The van der Waals surface area contributed by atoms with Gasteiger partial charge in [-0.3, -0.25) is 19.7 Å². The Balaban J connectivity index is 2.20. The van der Waals surface area contributed by atoms with Crippen molar-refractivity contribution in [2.24, 2.45) is 0 Å². The number of amides is 1. The minimum Gasteiger partial charge on any atom is -0.481 e. The molecule has 0 atom stereocenters. The number of carbonyl (C=O) groups is 2. The van der Waals surface area contributed by atoms with Gasteiger partial charge in [0.1, 0.15) is 10.7 Å². The summed E-state index contributed by atoms with van der Waals surface area (Å²) in [5, 5.41) is 21.6. The Morgan fingerprint density at radius 3 is 2.79 bits per heavy atom. The highest BCUT2D eigenvalue weighted by Gasteiger charge is 2.19. The molecule has 2 aromatic rings. The molecule has 2 rings (SSSR count). The van der Waals surface area contributed by atoms with E-state index in [-0.39, 0.29) is 30.3 Å². The quantitative estimate of drug-likeness (QED) is 0.607. The number of carbonyl (C=O) groups excluding carboxylic acids is 1. The van der Waals surface area contributed by atoms with Gasteiger partial charge in [0.25, 0.3) is 11.6 Å². The lowest BCUT2D eigenvalue weighted by atomic mass is 10.2. The summed E-state index contributed by atoms with van der Waals surface area (Å²) in [6, 6.07) is 6.02. The Bertz CT molecular complexity index is 774. The molecule has 9 heteroatoms. The Kier molecular flexibility index (Phi) is 5.59. The summed E-state index contributed by atoms with van der Waals surface area (Å²) in [6.07, 6.45) is -0.137. The van der Waals surface area contributed by atoms with Gasteiger partial charge in [-0.25, -0.2) is 4.98 Å². The highest BCUT2D eigenvalue weighted by Crippen LogP contribution is 2.27. The number of nitro benzene ring substituents is 1. The normalized spacial score (nSPS) is 10.4. The van der Waals surface area contributed by atoms with E-state index in [0.29, 0.717) is 17.1 Å². The molecule has 126 valence electrons. The molecule has 1 aromatic heterocycles. The summed E-state index contributed by atoms with van der Waals surface area (Å²) in [5.74, 6) is -1.33. The molecule has 1 amide bonds. The largest absolute Gasteiger partial charge is 0.481 e. The SMILES string of the molecule is CCN(CCC(=O)O)C(=O)c1csc(-c2cccc([N+](=O)[O-])c2)n1. The number of nitro groups is 1. The second-order valence-corrected chi connectivity index (χ2v) is 5.73. The molecule has 0 unspecified atom stereocenters. The molecule has 1 N–H and O–H groups in total. The Labute approximate surface area is 141 Å². The average Bonchev–Trinajstić information content (AvgIpc) is 3.05. The fourth-order valence-electron chi connectivity index (χ4n) is 2.05. The zero-order valence-electron chi connectivity index (χ0n) is 12.8. The van der Waals surface area contributed by atoms with Crippen molar-refractivity contribution in [1.82, 2.24) is 9.88 Å². The van der Waals surface area contributed by atoms with Crippen molar-refractivity contribution in [3.8, 4) is 10.6 Å². The molecule has 24 heavy (non-hydrogen) atoms. The van der Waals surface area contributed by atoms with E-state index in [1.165, 1.54) is 28.4 Å². The zero-order chi connectivity index (χ0) is 17.7. The third-order valence-electron chi connectivity index (χ3n) is 3.29. The van der Waals surface area contributed by atoms with Crippen LogP contribution in [0.25, 0.3) is 10.6 Å². The molecule has 0 bridgehead atoms. The molecule has 0 spiro atoms. The van der Waals surface area contributed by atoms with Crippen LogP contribution in [0.5, 0.6) is 0 Å². The van der Waals surface area contributed by atoms with E-state index in [1.54, 1.807) is 24.4 Å². The maximum atomic E-state index is 12.4.